The summed E-state index contributed by atoms with van der Waals surface area (Å²) in [5, 5.41) is 2.45. The minimum atomic E-state index is 0.431. The van der Waals surface area contributed by atoms with E-state index >= 15 is 0 Å². The molecular formula is C28H23N3O2. The van der Waals surface area contributed by atoms with Crippen molar-refractivity contribution in [1.29, 1.82) is 0 Å². The molecule has 0 amide bonds. The van der Waals surface area contributed by atoms with Crippen molar-refractivity contribution in [3.63, 3.8) is 0 Å². The first-order valence-corrected chi connectivity index (χ1v) is 10.9. The van der Waals surface area contributed by atoms with Crippen LogP contribution in [0.25, 0.3) is 33.5 Å². The third-order valence-corrected chi connectivity index (χ3v) is 5.23. The maximum atomic E-state index is 6.02. The summed E-state index contributed by atoms with van der Waals surface area (Å²) >= 11 is 0. The molecule has 0 bridgehead atoms. The van der Waals surface area contributed by atoms with Gasteiger partial charge in [0, 0.05) is 24.5 Å². The zero-order valence-corrected chi connectivity index (χ0v) is 18.1. The molecule has 0 aliphatic carbocycles. The van der Waals surface area contributed by atoms with Crippen LogP contribution >= 0.6 is 0 Å². The van der Waals surface area contributed by atoms with Gasteiger partial charge in [0.05, 0.1) is 36.0 Å². The van der Waals surface area contributed by atoms with Gasteiger partial charge in [0.15, 0.2) is 0 Å². The van der Waals surface area contributed by atoms with Crippen molar-refractivity contribution in [1.82, 2.24) is 15.0 Å². The Bertz CT molecular complexity index is 1280. The van der Waals surface area contributed by atoms with Gasteiger partial charge in [0.25, 0.3) is 0 Å². The highest BCUT2D eigenvalue weighted by Crippen LogP contribution is 2.26. The molecular weight excluding hydrogens is 410 g/mol. The van der Waals surface area contributed by atoms with Crippen molar-refractivity contribution >= 4 is 10.8 Å². The normalized spacial score (nSPS) is 10.9. The molecule has 0 saturated heterocycles. The van der Waals surface area contributed by atoms with Gasteiger partial charge in [-0.1, -0.05) is 48.5 Å². The number of ether oxygens (including phenoxy) is 2. The molecule has 0 aliphatic rings. The average Bonchev–Trinajstić information content (AvgIpc) is 2.89. The van der Waals surface area contributed by atoms with Crippen LogP contribution in [0.3, 0.4) is 0 Å². The Morgan fingerprint density at radius 3 is 1.91 bits per heavy atom. The number of pyridine rings is 3. The second kappa shape index (κ2) is 10.0. The molecule has 0 saturated carbocycles. The molecule has 0 spiro atoms. The second-order valence-electron chi connectivity index (χ2n) is 7.59. The summed E-state index contributed by atoms with van der Waals surface area (Å²) in [6.07, 6.45) is 3.51. The Balaban J connectivity index is 1.25. The van der Waals surface area contributed by atoms with Crippen molar-refractivity contribution in [2.45, 2.75) is 6.61 Å². The zero-order valence-electron chi connectivity index (χ0n) is 18.1. The Morgan fingerprint density at radius 1 is 0.576 bits per heavy atom. The molecule has 3 heterocycles. The van der Waals surface area contributed by atoms with Crippen LogP contribution in [0.1, 0.15) is 5.56 Å². The second-order valence-corrected chi connectivity index (χ2v) is 7.59. The van der Waals surface area contributed by atoms with Crippen LogP contribution in [0.5, 0.6) is 5.75 Å². The van der Waals surface area contributed by atoms with E-state index in [9.17, 15) is 0 Å². The maximum Gasteiger partial charge on any atom is 0.123 e. The summed E-state index contributed by atoms with van der Waals surface area (Å²) in [6, 6.07) is 30.0. The minimum absolute atomic E-state index is 0.431. The predicted molar refractivity (Wildman–Crippen MR) is 130 cm³/mol. The Hall–Kier alpha value is -4.09. The molecule has 0 fully saturated rings. The number of nitrogens with zero attached hydrogens (tertiary/aromatic N) is 3. The number of hydrogen-bond acceptors (Lipinski definition) is 5. The molecule has 5 heteroatoms. The van der Waals surface area contributed by atoms with E-state index in [0.717, 1.165) is 28.3 Å². The summed E-state index contributed by atoms with van der Waals surface area (Å²) in [5.41, 5.74) is 4.20. The van der Waals surface area contributed by atoms with Gasteiger partial charge in [0.2, 0.25) is 0 Å². The van der Waals surface area contributed by atoms with Crippen molar-refractivity contribution in [3.8, 4) is 28.5 Å². The highest BCUT2D eigenvalue weighted by molar-refractivity contribution is 5.82. The lowest BCUT2D eigenvalue weighted by Crippen LogP contribution is -2.07. The van der Waals surface area contributed by atoms with Gasteiger partial charge in [-0.3, -0.25) is 9.97 Å². The molecule has 0 radical (unpaired) electrons. The van der Waals surface area contributed by atoms with E-state index < -0.39 is 0 Å². The smallest absolute Gasteiger partial charge is 0.123 e. The van der Waals surface area contributed by atoms with E-state index in [0.29, 0.717) is 25.6 Å². The molecule has 33 heavy (non-hydrogen) atoms. The molecule has 0 N–H and O–H groups in total. The first kappa shape index (κ1) is 20.8. The van der Waals surface area contributed by atoms with E-state index in [1.54, 1.807) is 12.4 Å². The monoisotopic (exact) mass is 433 g/mol. The topological polar surface area (TPSA) is 57.1 Å². The number of hydrogen-bond donors (Lipinski definition) is 0. The van der Waals surface area contributed by atoms with E-state index in [4.69, 9.17) is 14.5 Å². The van der Waals surface area contributed by atoms with Crippen molar-refractivity contribution in [3.05, 3.63) is 109 Å². The van der Waals surface area contributed by atoms with E-state index in [2.05, 4.69) is 40.3 Å². The summed E-state index contributed by atoms with van der Waals surface area (Å²) in [5.74, 6) is 0.709. The largest absolute Gasteiger partial charge is 0.491 e. The van der Waals surface area contributed by atoms with E-state index in [1.165, 1.54) is 10.8 Å². The van der Waals surface area contributed by atoms with Gasteiger partial charge >= 0.3 is 0 Å². The zero-order chi connectivity index (χ0) is 22.3. The number of fused-ring (bicyclic) bond motifs is 1. The van der Waals surface area contributed by atoms with E-state index in [1.807, 2.05) is 60.7 Å². The maximum absolute atomic E-state index is 6.02. The van der Waals surface area contributed by atoms with Crippen LogP contribution in [0, 0.1) is 0 Å². The molecule has 3 aromatic heterocycles. The number of aromatic nitrogens is 3. The summed E-state index contributed by atoms with van der Waals surface area (Å²) in [6.45, 7) is 1.46. The highest BCUT2D eigenvalue weighted by Gasteiger charge is 2.09. The van der Waals surface area contributed by atoms with Gasteiger partial charge in [0.1, 0.15) is 12.4 Å². The Morgan fingerprint density at radius 2 is 1.24 bits per heavy atom. The predicted octanol–water partition coefficient (Wildman–Crippen LogP) is 5.95. The van der Waals surface area contributed by atoms with Crippen LogP contribution in [0.15, 0.2) is 103 Å². The van der Waals surface area contributed by atoms with Gasteiger partial charge < -0.3 is 9.47 Å². The fourth-order valence-corrected chi connectivity index (χ4v) is 3.62. The third kappa shape index (κ3) is 5.22. The SMILES string of the molecule is c1ccc(-c2cc(OCCOCc3ccc4ccccc4c3)cc(-c3ccccn3)n2)nc1. The Kier molecular flexibility index (Phi) is 6.31. The van der Waals surface area contributed by atoms with Crippen molar-refractivity contribution in [2.24, 2.45) is 0 Å². The summed E-state index contributed by atoms with van der Waals surface area (Å²) < 4.78 is 11.9. The summed E-state index contributed by atoms with van der Waals surface area (Å²) in [4.78, 5) is 13.6. The quantitative estimate of drug-likeness (QED) is 0.283. The molecule has 0 unspecified atom stereocenters. The van der Waals surface area contributed by atoms with Crippen LogP contribution in [-0.4, -0.2) is 28.2 Å². The molecule has 5 aromatic rings. The fraction of sp³-hybridized carbons (Fsp3) is 0.107. The Labute approximate surface area is 192 Å². The first-order chi connectivity index (χ1) is 16.3. The number of rotatable bonds is 8. The minimum Gasteiger partial charge on any atom is -0.491 e. The van der Waals surface area contributed by atoms with Crippen molar-refractivity contribution in [2.75, 3.05) is 13.2 Å². The van der Waals surface area contributed by atoms with Crippen LogP contribution in [0.4, 0.5) is 0 Å². The lowest BCUT2D eigenvalue weighted by atomic mass is 10.1. The molecule has 2 aromatic carbocycles. The van der Waals surface area contributed by atoms with Crippen LogP contribution in [-0.2, 0) is 11.3 Å². The lowest BCUT2D eigenvalue weighted by Gasteiger charge is -2.11. The third-order valence-electron chi connectivity index (χ3n) is 5.23. The molecule has 5 rings (SSSR count). The fourth-order valence-electron chi connectivity index (χ4n) is 3.62. The lowest BCUT2D eigenvalue weighted by molar-refractivity contribution is 0.0890. The summed E-state index contributed by atoms with van der Waals surface area (Å²) in [7, 11) is 0. The molecule has 0 atom stereocenters. The molecule has 162 valence electrons. The molecule has 5 nitrogen and oxygen atoms in total. The van der Waals surface area contributed by atoms with E-state index in [-0.39, 0.29) is 0 Å². The van der Waals surface area contributed by atoms with Crippen LogP contribution in [0.2, 0.25) is 0 Å². The van der Waals surface area contributed by atoms with Gasteiger partial charge in [-0.2, -0.15) is 0 Å². The standard InChI is InChI=1S/C28H23N3O2/c1-2-8-23-17-21(11-12-22(23)7-1)20-32-15-16-33-24-18-27(25-9-3-5-13-29-25)31-28(19-24)26-10-4-6-14-30-26/h1-14,17-19H,15-16,20H2. The van der Waals surface area contributed by atoms with Gasteiger partial charge in [-0.15, -0.1) is 0 Å². The highest BCUT2D eigenvalue weighted by atomic mass is 16.5. The van der Waals surface area contributed by atoms with Crippen molar-refractivity contribution < 1.29 is 9.47 Å². The molecule has 0 aliphatic heterocycles. The van der Waals surface area contributed by atoms with Crippen LogP contribution < -0.4 is 4.74 Å². The first-order valence-electron chi connectivity index (χ1n) is 10.9. The average molecular weight is 434 g/mol. The van der Waals surface area contributed by atoms with Gasteiger partial charge in [-0.25, -0.2) is 4.98 Å². The number of benzene rings is 2. The van der Waals surface area contributed by atoms with Gasteiger partial charge in [-0.05, 0) is 46.7 Å².